The van der Waals surface area contributed by atoms with Gasteiger partial charge in [-0.15, -0.1) is 5.10 Å². The van der Waals surface area contributed by atoms with E-state index in [1.165, 1.54) is 12.1 Å². The molecule has 0 bridgehead atoms. The highest BCUT2D eigenvalue weighted by Gasteiger charge is 2.30. The third-order valence-electron chi connectivity index (χ3n) is 6.22. The topological polar surface area (TPSA) is 170 Å². The molecule has 0 amide bonds. The molecule has 1 aromatic heterocycles. The minimum atomic E-state index is -4.41. The van der Waals surface area contributed by atoms with Crippen molar-refractivity contribution in [3.63, 3.8) is 0 Å². The van der Waals surface area contributed by atoms with E-state index in [-0.39, 0.29) is 18.1 Å². The zero-order valence-electron chi connectivity index (χ0n) is 21.1. The van der Waals surface area contributed by atoms with Gasteiger partial charge in [-0.05, 0) is 65.7 Å². The number of amidine groups is 1. The molecule has 0 aliphatic heterocycles. The third kappa shape index (κ3) is 5.67. The van der Waals surface area contributed by atoms with Crippen LogP contribution in [-0.4, -0.2) is 27.3 Å². The van der Waals surface area contributed by atoms with Crippen molar-refractivity contribution < 1.29 is 23.0 Å². The van der Waals surface area contributed by atoms with E-state index in [0.29, 0.717) is 34.6 Å². The first-order valence-corrected chi connectivity index (χ1v) is 12.0. The first kappa shape index (κ1) is 27.2. The molecule has 0 saturated carbocycles. The Hall–Kier alpha value is -5.37. The number of aromatic hydroxyl groups is 1. The van der Waals surface area contributed by atoms with Gasteiger partial charge in [0, 0.05) is 22.8 Å². The van der Waals surface area contributed by atoms with E-state index >= 15 is 0 Å². The zero-order chi connectivity index (χ0) is 29.3. The van der Waals surface area contributed by atoms with Crippen LogP contribution >= 0.6 is 0 Å². The first-order valence-electron chi connectivity index (χ1n) is 12.0. The second-order valence-corrected chi connectivity index (χ2v) is 8.97. The van der Waals surface area contributed by atoms with Crippen LogP contribution in [0.1, 0.15) is 11.1 Å². The summed E-state index contributed by atoms with van der Waals surface area (Å²) in [6.07, 6.45) is -2.61. The number of benzene rings is 3. The number of hydrogen-bond donors (Lipinski definition) is 5. The van der Waals surface area contributed by atoms with E-state index in [2.05, 4.69) is 21.1 Å². The standard InChI is InChI=1S/C27H22F3N7O4/c28-27(29,30)18-2-4-20(5-3-18)41-8-7-37-13-17-9-14(1-6-21(17)35-37)15-10-16(26(31)34-36-32)12-19(11-15)33-22-23(38)25(40)24(22)39/h1-6,9-13,33,36,38H,7-8,32H2,(H2,31,34). The molecule has 14 heteroatoms. The van der Waals surface area contributed by atoms with Gasteiger partial charge in [-0.3, -0.25) is 14.3 Å². The van der Waals surface area contributed by atoms with Crippen molar-refractivity contribution in [1.29, 1.82) is 0 Å². The summed E-state index contributed by atoms with van der Waals surface area (Å²) in [5.74, 6) is 4.97. The lowest BCUT2D eigenvalue weighted by Crippen LogP contribution is -2.32. The number of fused-ring (bicyclic) bond motifs is 1. The van der Waals surface area contributed by atoms with Crippen LogP contribution in [0.4, 0.5) is 24.5 Å². The molecule has 0 spiro atoms. The Labute approximate surface area is 229 Å². The SMILES string of the molecule is NN/N=C(\N)c1cc(Nc2c(O)c(=O)c2=O)cc(-c2ccc3nn(CCOc4ccc(C(F)(F)F)cc4)cc3c2)c1. The highest BCUT2D eigenvalue weighted by atomic mass is 19.4. The number of hydrazone groups is 1. The number of nitrogens with zero attached hydrogens (tertiary/aromatic N) is 3. The summed E-state index contributed by atoms with van der Waals surface area (Å²) >= 11 is 0. The normalized spacial score (nSPS) is 12.1. The van der Waals surface area contributed by atoms with Crippen LogP contribution in [-0.2, 0) is 12.7 Å². The van der Waals surface area contributed by atoms with Crippen LogP contribution in [0, 0.1) is 0 Å². The average Bonchev–Trinajstić information content (AvgIpc) is 3.37. The molecule has 0 radical (unpaired) electrons. The van der Waals surface area contributed by atoms with Crippen LogP contribution in [0.25, 0.3) is 22.0 Å². The first-order chi connectivity index (χ1) is 19.5. The summed E-state index contributed by atoms with van der Waals surface area (Å²) in [7, 11) is 0. The predicted molar refractivity (Wildman–Crippen MR) is 146 cm³/mol. The maximum absolute atomic E-state index is 12.7. The van der Waals surface area contributed by atoms with Crippen molar-refractivity contribution in [2.45, 2.75) is 12.7 Å². The molecule has 7 N–H and O–H groups in total. The monoisotopic (exact) mass is 565 g/mol. The minimum Gasteiger partial charge on any atom is -0.502 e. The van der Waals surface area contributed by atoms with Gasteiger partial charge in [-0.2, -0.15) is 18.3 Å². The maximum atomic E-state index is 12.7. The molecular formula is C27H22F3N7O4. The lowest BCUT2D eigenvalue weighted by Gasteiger charge is -2.13. The Bertz CT molecular complexity index is 1840. The number of nitrogens with two attached hydrogens (primary N) is 2. The number of rotatable bonds is 9. The zero-order valence-corrected chi connectivity index (χ0v) is 21.1. The maximum Gasteiger partial charge on any atom is 0.416 e. The lowest BCUT2D eigenvalue weighted by atomic mass is 10.00. The Kier molecular flexibility index (Phi) is 7.07. The number of hydrogen-bond acceptors (Lipinski definition) is 9. The van der Waals surface area contributed by atoms with Crippen molar-refractivity contribution in [2.24, 2.45) is 16.7 Å². The van der Waals surface area contributed by atoms with Gasteiger partial charge in [0.2, 0.25) is 0 Å². The van der Waals surface area contributed by atoms with E-state index in [9.17, 15) is 27.9 Å². The second kappa shape index (κ2) is 10.7. The van der Waals surface area contributed by atoms with Gasteiger partial charge in [-0.25, -0.2) is 11.4 Å². The van der Waals surface area contributed by atoms with Crippen molar-refractivity contribution in [2.75, 3.05) is 11.9 Å². The molecular weight excluding hydrogens is 543 g/mol. The van der Waals surface area contributed by atoms with Crippen LogP contribution in [0.15, 0.2) is 81.6 Å². The Balaban J connectivity index is 1.36. The fourth-order valence-electron chi connectivity index (χ4n) is 4.16. The molecule has 210 valence electrons. The molecule has 0 unspecified atom stereocenters. The van der Waals surface area contributed by atoms with Crippen LogP contribution in [0.5, 0.6) is 11.5 Å². The number of nitrogens with one attached hydrogen (secondary N) is 2. The predicted octanol–water partition coefficient (Wildman–Crippen LogP) is 2.93. The quantitative estimate of drug-likeness (QED) is 0.0593. The lowest BCUT2D eigenvalue weighted by molar-refractivity contribution is -0.137. The number of aromatic nitrogens is 2. The average molecular weight is 566 g/mol. The molecule has 0 aliphatic carbocycles. The largest absolute Gasteiger partial charge is 0.502 e. The molecule has 1 heterocycles. The number of anilines is 2. The Morgan fingerprint density at radius 1 is 1.02 bits per heavy atom. The number of hydrazine groups is 1. The summed E-state index contributed by atoms with van der Waals surface area (Å²) < 4.78 is 45.4. The van der Waals surface area contributed by atoms with Crippen LogP contribution in [0.2, 0.25) is 0 Å². The third-order valence-corrected chi connectivity index (χ3v) is 6.22. The van der Waals surface area contributed by atoms with Gasteiger partial charge in [0.15, 0.2) is 11.6 Å². The van der Waals surface area contributed by atoms with Crippen molar-refractivity contribution >= 4 is 28.1 Å². The smallest absolute Gasteiger partial charge is 0.416 e. The summed E-state index contributed by atoms with van der Waals surface area (Å²) in [6.45, 7) is 0.528. The van der Waals surface area contributed by atoms with E-state index in [1.54, 1.807) is 35.1 Å². The van der Waals surface area contributed by atoms with Gasteiger partial charge in [-0.1, -0.05) is 6.07 Å². The highest BCUT2D eigenvalue weighted by molar-refractivity contribution is 6.00. The molecule has 41 heavy (non-hydrogen) atoms. The van der Waals surface area contributed by atoms with E-state index in [0.717, 1.165) is 23.1 Å². The summed E-state index contributed by atoms with van der Waals surface area (Å²) in [5, 5.41) is 21.6. The van der Waals surface area contributed by atoms with Crippen LogP contribution in [0.3, 0.4) is 0 Å². The van der Waals surface area contributed by atoms with E-state index in [4.69, 9.17) is 16.3 Å². The van der Waals surface area contributed by atoms with Gasteiger partial charge < -0.3 is 20.9 Å². The second-order valence-electron chi connectivity index (χ2n) is 8.97. The van der Waals surface area contributed by atoms with Crippen molar-refractivity contribution in [3.05, 3.63) is 98.4 Å². The van der Waals surface area contributed by atoms with Crippen molar-refractivity contribution in [3.8, 4) is 22.6 Å². The van der Waals surface area contributed by atoms with Crippen molar-refractivity contribution in [1.82, 2.24) is 15.3 Å². The summed E-state index contributed by atoms with van der Waals surface area (Å²) in [4.78, 5) is 23.3. The molecule has 0 atom stereocenters. The molecule has 0 fully saturated rings. The Morgan fingerprint density at radius 2 is 1.78 bits per heavy atom. The van der Waals surface area contributed by atoms with Gasteiger partial charge in [0.1, 0.15) is 18.0 Å². The van der Waals surface area contributed by atoms with Gasteiger partial charge in [0.25, 0.3) is 10.9 Å². The number of alkyl halides is 3. The fraction of sp³-hybridized carbons (Fsp3) is 0.111. The van der Waals surface area contributed by atoms with Crippen LogP contribution < -0.4 is 38.0 Å². The van der Waals surface area contributed by atoms with Gasteiger partial charge in [0.05, 0.1) is 17.6 Å². The number of ether oxygens (including phenoxy) is 1. The Morgan fingerprint density at radius 3 is 2.46 bits per heavy atom. The molecule has 5 rings (SSSR count). The van der Waals surface area contributed by atoms with E-state index in [1.807, 2.05) is 12.1 Å². The molecule has 0 saturated heterocycles. The molecule has 5 aromatic rings. The number of halogens is 3. The molecule has 0 aliphatic rings. The summed E-state index contributed by atoms with van der Waals surface area (Å²) in [5.41, 5.74) is 8.27. The molecule has 4 aromatic carbocycles. The van der Waals surface area contributed by atoms with E-state index < -0.39 is 28.3 Å². The highest BCUT2D eigenvalue weighted by Crippen LogP contribution is 2.31. The fourth-order valence-corrected chi connectivity index (χ4v) is 4.16. The summed E-state index contributed by atoms with van der Waals surface area (Å²) in [6, 6.07) is 15.0. The molecule has 11 nitrogen and oxygen atoms in total. The van der Waals surface area contributed by atoms with Gasteiger partial charge >= 0.3 is 6.18 Å². The minimum absolute atomic E-state index is 0.0496.